The van der Waals surface area contributed by atoms with Crippen molar-refractivity contribution in [2.45, 2.75) is 13.0 Å². The van der Waals surface area contributed by atoms with Crippen LogP contribution in [0.15, 0.2) is 12.1 Å². The first kappa shape index (κ1) is 16.2. The highest BCUT2D eigenvalue weighted by atomic mass is 35.5. The Morgan fingerprint density at radius 1 is 1.30 bits per heavy atom. The molecule has 108 valence electrons. The maximum atomic E-state index is 11.8. The van der Waals surface area contributed by atoms with E-state index < -0.39 is 24.0 Å². The summed E-state index contributed by atoms with van der Waals surface area (Å²) in [6.07, 6.45) is -1.20. The minimum absolute atomic E-state index is 0.0401. The molecule has 0 saturated carbocycles. The fraction of sp³-hybridized carbons (Fsp3) is 0.273. The van der Waals surface area contributed by atoms with Crippen LogP contribution < -0.4 is 10.6 Å². The number of imide groups is 1. The van der Waals surface area contributed by atoms with E-state index in [2.05, 4.69) is 10.3 Å². The number of pyridine rings is 1. The second kappa shape index (κ2) is 7.06. The van der Waals surface area contributed by atoms with Gasteiger partial charge in [0, 0.05) is 7.05 Å². The average Bonchev–Trinajstić information content (AvgIpc) is 2.40. The van der Waals surface area contributed by atoms with Gasteiger partial charge in [0.05, 0.1) is 5.02 Å². The van der Waals surface area contributed by atoms with Crippen LogP contribution in [0.1, 0.15) is 17.4 Å². The summed E-state index contributed by atoms with van der Waals surface area (Å²) in [5.41, 5.74) is -0.209. The second-order valence-electron chi connectivity index (χ2n) is 3.58. The van der Waals surface area contributed by atoms with Crippen LogP contribution in [0.25, 0.3) is 0 Å². The number of carbonyl (C=O) groups excluding carboxylic acids is 3. The molecule has 9 heteroatoms. The molecule has 0 aliphatic rings. The maximum absolute atomic E-state index is 11.8. The Morgan fingerprint density at radius 2 is 1.95 bits per heavy atom. The number of rotatable bonds is 3. The third kappa shape index (κ3) is 4.36. The largest absolute Gasteiger partial charge is 0.448 e. The monoisotopic (exact) mass is 319 g/mol. The molecule has 1 rings (SSSR count). The van der Waals surface area contributed by atoms with Gasteiger partial charge in [0.2, 0.25) is 0 Å². The molecule has 0 radical (unpaired) electrons. The van der Waals surface area contributed by atoms with Gasteiger partial charge in [0.25, 0.3) is 5.91 Å². The molecule has 1 aromatic rings. The predicted octanol–water partition coefficient (Wildman–Crippen LogP) is 1.39. The van der Waals surface area contributed by atoms with Crippen molar-refractivity contribution < 1.29 is 19.1 Å². The number of hydrogen-bond acceptors (Lipinski definition) is 5. The zero-order chi connectivity index (χ0) is 15.3. The Balaban J connectivity index is 2.72. The maximum Gasteiger partial charge on any atom is 0.359 e. The van der Waals surface area contributed by atoms with Crippen LogP contribution in [0, 0.1) is 0 Å². The molecule has 0 spiro atoms. The van der Waals surface area contributed by atoms with Crippen molar-refractivity contribution in [3.63, 3.8) is 0 Å². The van der Waals surface area contributed by atoms with Crippen LogP contribution in [0.3, 0.4) is 0 Å². The molecular weight excluding hydrogens is 309 g/mol. The van der Waals surface area contributed by atoms with Gasteiger partial charge in [-0.25, -0.2) is 14.6 Å². The van der Waals surface area contributed by atoms with Gasteiger partial charge in [-0.2, -0.15) is 0 Å². The average molecular weight is 320 g/mol. The number of halogens is 2. The molecule has 2 N–H and O–H groups in total. The Labute approximate surface area is 124 Å². The minimum Gasteiger partial charge on any atom is -0.448 e. The lowest BCUT2D eigenvalue weighted by Gasteiger charge is -2.12. The molecule has 0 aliphatic heterocycles. The van der Waals surface area contributed by atoms with Crippen LogP contribution in [-0.2, 0) is 9.53 Å². The topological polar surface area (TPSA) is 97.4 Å². The van der Waals surface area contributed by atoms with E-state index in [1.54, 1.807) is 0 Å². The number of carbonyl (C=O) groups is 3. The highest BCUT2D eigenvalue weighted by Crippen LogP contribution is 2.18. The lowest BCUT2D eigenvalue weighted by Crippen LogP contribution is -2.43. The summed E-state index contributed by atoms with van der Waals surface area (Å²) >= 11 is 11.4. The van der Waals surface area contributed by atoms with Gasteiger partial charge in [0.15, 0.2) is 11.8 Å². The Kier molecular flexibility index (Phi) is 5.72. The molecule has 0 bridgehead atoms. The number of urea groups is 1. The summed E-state index contributed by atoms with van der Waals surface area (Å²) in [5, 5.41) is 4.26. The summed E-state index contributed by atoms with van der Waals surface area (Å²) in [4.78, 5) is 37.9. The molecule has 7 nitrogen and oxygen atoms in total. The number of hydrogen-bond donors (Lipinski definition) is 2. The molecule has 20 heavy (non-hydrogen) atoms. The van der Waals surface area contributed by atoms with E-state index in [1.165, 1.54) is 26.1 Å². The first-order chi connectivity index (χ1) is 9.35. The van der Waals surface area contributed by atoms with Crippen LogP contribution in [0.5, 0.6) is 0 Å². The zero-order valence-electron chi connectivity index (χ0n) is 10.6. The standard InChI is InChI=1S/C11H11Cl2N3O4/c1-5(9(17)16-11(19)14-2)20-10(18)8-6(12)3-4-7(13)15-8/h3-5H,1-2H3,(H2,14,16,17,19)/t5-/m1/s1. The van der Waals surface area contributed by atoms with Crippen molar-refractivity contribution in [1.82, 2.24) is 15.6 Å². The quantitative estimate of drug-likeness (QED) is 0.648. The van der Waals surface area contributed by atoms with E-state index in [1.807, 2.05) is 5.32 Å². The smallest absolute Gasteiger partial charge is 0.359 e. The lowest BCUT2D eigenvalue weighted by molar-refractivity contribution is -0.127. The van der Waals surface area contributed by atoms with E-state index >= 15 is 0 Å². The first-order valence-electron chi connectivity index (χ1n) is 5.40. The highest BCUT2D eigenvalue weighted by molar-refractivity contribution is 6.34. The summed E-state index contributed by atoms with van der Waals surface area (Å²) in [6, 6.07) is 2.07. The summed E-state index contributed by atoms with van der Waals surface area (Å²) in [6.45, 7) is 1.30. The van der Waals surface area contributed by atoms with Gasteiger partial charge in [0.1, 0.15) is 5.15 Å². The summed E-state index contributed by atoms with van der Waals surface area (Å²) < 4.78 is 4.84. The van der Waals surface area contributed by atoms with Crippen molar-refractivity contribution in [2.75, 3.05) is 7.05 Å². The molecule has 1 atom stereocenters. The normalized spacial score (nSPS) is 11.4. The van der Waals surface area contributed by atoms with Gasteiger partial charge >= 0.3 is 12.0 Å². The van der Waals surface area contributed by atoms with Crippen molar-refractivity contribution >= 4 is 41.1 Å². The molecule has 1 heterocycles. The molecular formula is C11H11Cl2N3O4. The van der Waals surface area contributed by atoms with Gasteiger partial charge in [-0.1, -0.05) is 23.2 Å². The molecule has 0 aromatic carbocycles. The van der Waals surface area contributed by atoms with Gasteiger partial charge in [-0.15, -0.1) is 0 Å². The van der Waals surface area contributed by atoms with E-state index in [0.717, 1.165) is 0 Å². The summed E-state index contributed by atoms with van der Waals surface area (Å²) in [7, 11) is 1.34. The molecule has 0 aliphatic carbocycles. The SMILES string of the molecule is CNC(=O)NC(=O)[C@@H](C)OC(=O)c1nc(Cl)ccc1Cl. The number of aromatic nitrogens is 1. The Bertz CT molecular complexity index is 550. The van der Waals surface area contributed by atoms with Gasteiger partial charge in [-0.05, 0) is 19.1 Å². The number of nitrogens with zero attached hydrogens (tertiary/aromatic N) is 1. The van der Waals surface area contributed by atoms with Crippen molar-refractivity contribution in [3.8, 4) is 0 Å². The lowest BCUT2D eigenvalue weighted by atomic mass is 10.3. The van der Waals surface area contributed by atoms with Crippen molar-refractivity contribution in [3.05, 3.63) is 28.0 Å². The Hall–Kier alpha value is -1.86. The fourth-order valence-corrected chi connectivity index (χ4v) is 1.44. The number of amides is 3. The van der Waals surface area contributed by atoms with E-state index in [-0.39, 0.29) is 15.9 Å². The minimum atomic E-state index is -1.20. The molecule has 1 aromatic heterocycles. The number of esters is 1. The summed E-state index contributed by atoms with van der Waals surface area (Å²) in [5.74, 6) is -1.70. The van der Waals surface area contributed by atoms with E-state index in [0.29, 0.717) is 0 Å². The van der Waals surface area contributed by atoms with Crippen molar-refractivity contribution in [2.24, 2.45) is 0 Å². The van der Waals surface area contributed by atoms with Gasteiger partial charge in [-0.3, -0.25) is 10.1 Å². The van der Waals surface area contributed by atoms with E-state index in [4.69, 9.17) is 27.9 Å². The van der Waals surface area contributed by atoms with Crippen LogP contribution in [0.2, 0.25) is 10.2 Å². The van der Waals surface area contributed by atoms with Crippen LogP contribution in [0.4, 0.5) is 4.79 Å². The van der Waals surface area contributed by atoms with Crippen LogP contribution >= 0.6 is 23.2 Å². The number of nitrogens with one attached hydrogen (secondary N) is 2. The zero-order valence-corrected chi connectivity index (χ0v) is 12.1. The van der Waals surface area contributed by atoms with Crippen LogP contribution in [-0.4, -0.2) is 36.0 Å². The second-order valence-corrected chi connectivity index (χ2v) is 4.37. The van der Waals surface area contributed by atoms with E-state index in [9.17, 15) is 14.4 Å². The van der Waals surface area contributed by atoms with Crippen molar-refractivity contribution in [1.29, 1.82) is 0 Å². The number of ether oxygens (including phenoxy) is 1. The Morgan fingerprint density at radius 3 is 2.55 bits per heavy atom. The fourth-order valence-electron chi connectivity index (χ4n) is 1.11. The molecule has 0 fully saturated rings. The molecule has 0 saturated heterocycles. The first-order valence-corrected chi connectivity index (χ1v) is 6.16. The van der Waals surface area contributed by atoms with Gasteiger partial charge < -0.3 is 10.1 Å². The third-order valence-electron chi connectivity index (χ3n) is 2.12. The highest BCUT2D eigenvalue weighted by Gasteiger charge is 2.22. The molecule has 0 unspecified atom stereocenters. The predicted molar refractivity (Wildman–Crippen MR) is 71.7 cm³/mol. The third-order valence-corrected chi connectivity index (χ3v) is 2.64. The molecule has 3 amide bonds.